The third-order valence-corrected chi connectivity index (χ3v) is 4.88. The molecule has 0 amide bonds. The summed E-state index contributed by atoms with van der Waals surface area (Å²) in [5, 5.41) is 0. The molecule has 0 aliphatic carbocycles. The predicted molar refractivity (Wildman–Crippen MR) is 95.5 cm³/mol. The molecule has 0 saturated carbocycles. The van der Waals surface area contributed by atoms with E-state index in [9.17, 15) is 0 Å². The van der Waals surface area contributed by atoms with Gasteiger partial charge in [-0.2, -0.15) is 0 Å². The van der Waals surface area contributed by atoms with Crippen LogP contribution in [-0.4, -0.2) is 11.2 Å². The van der Waals surface area contributed by atoms with Crippen molar-refractivity contribution in [3.8, 4) is 0 Å². The minimum absolute atomic E-state index is 0.247. The molecule has 0 radical (unpaired) electrons. The zero-order chi connectivity index (χ0) is 16.8. The minimum atomic E-state index is -0.324. The first kappa shape index (κ1) is 19.9. The fourth-order valence-corrected chi connectivity index (χ4v) is 2.76. The molecule has 0 rings (SSSR count). The highest BCUT2D eigenvalue weighted by Crippen LogP contribution is 2.40. The average molecular weight is 290 g/mol. The van der Waals surface area contributed by atoms with Crippen molar-refractivity contribution in [3.63, 3.8) is 0 Å². The van der Waals surface area contributed by atoms with Gasteiger partial charge in [0, 0.05) is 11.8 Å². The molecule has 0 aliphatic rings. The standard InChI is InChI=1S/C20H34O/c1-11-13-19(9,17(7)15(3)4)21-20(10,14-12-2)18(8)16(5)6/h11-12,17-18H,1-3,5,13-14H2,4,6-10H3. The largest absolute Gasteiger partial charge is 0.367 e. The summed E-state index contributed by atoms with van der Waals surface area (Å²) in [6.07, 6.45) is 5.44. The van der Waals surface area contributed by atoms with Crippen molar-refractivity contribution in [3.05, 3.63) is 49.6 Å². The molecule has 0 spiro atoms. The van der Waals surface area contributed by atoms with Crippen molar-refractivity contribution in [2.24, 2.45) is 11.8 Å². The smallest absolute Gasteiger partial charge is 0.0758 e. The van der Waals surface area contributed by atoms with Crippen LogP contribution < -0.4 is 0 Å². The van der Waals surface area contributed by atoms with Crippen molar-refractivity contribution >= 4 is 0 Å². The zero-order valence-electron chi connectivity index (χ0n) is 15.0. The predicted octanol–water partition coefficient (Wildman–Crippen LogP) is 6.10. The van der Waals surface area contributed by atoms with Gasteiger partial charge < -0.3 is 4.74 Å². The molecular weight excluding hydrogens is 256 g/mol. The Morgan fingerprint density at radius 2 is 1.19 bits per heavy atom. The molecule has 21 heavy (non-hydrogen) atoms. The maximum atomic E-state index is 6.69. The number of rotatable bonds is 10. The zero-order valence-corrected chi connectivity index (χ0v) is 15.0. The van der Waals surface area contributed by atoms with Crippen LogP contribution in [0.3, 0.4) is 0 Å². The van der Waals surface area contributed by atoms with Gasteiger partial charge in [0.15, 0.2) is 0 Å². The van der Waals surface area contributed by atoms with Gasteiger partial charge in [0.05, 0.1) is 11.2 Å². The molecule has 0 aliphatic heterocycles. The Kier molecular flexibility index (Phi) is 7.39. The van der Waals surface area contributed by atoms with Crippen LogP contribution in [0.2, 0.25) is 0 Å². The monoisotopic (exact) mass is 290 g/mol. The average Bonchev–Trinajstić information content (AvgIpc) is 2.36. The number of ether oxygens (including phenoxy) is 1. The van der Waals surface area contributed by atoms with Crippen molar-refractivity contribution in [2.45, 2.75) is 65.6 Å². The highest BCUT2D eigenvalue weighted by atomic mass is 16.5. The summed E-state index contributed by atoms with van der Waals surface area (Å²) < 4.78 is 6.69. The Hall–Kier alpha value is -1.08. The van der Waals surface area contributed by atoms with E-state index in [-0.39, 0.29) is 23.0 Å². The second kappa shape index (κ2) is 7.79. The molecule has 0 fully saturated rings. The molecule has 4 unspecified atom stereocenters. The maximum absolute atomic E-state index is 6.69. The summed E-state index contributed by atoms with van der Waals surface area (Å²) in [5.74, 6) is 0.494. The van der Waals surface area contributed by atoms with Gasteiger partial charge in [-0.05, 0) is 40.5 Å². The third kappa shape index (κ3) is 5.00. The molecule has 0 aromatic rings. The summed E-state index contributed by atoms with van der Waals surface area (Å²) in [6.45, 7) is 28.8. The van der Waals surface area contributed by atoms with Crippen LogP contribution in [0, 0.1) is 11.8 Å². The SMILES string of the molecule is C=CCC(C)(OC(C)(CC=C)C(C)C(=C)C)C(C)C(=C)C. The lowest BCUT2D eigenvalue weighted by Crippen LogP contribution is -2.48. The summed E-state index contributed by atoms with van der Waals surface area (Å²) >= 11 is 0. The first-order valence-corrected chi connectivity index (χ1v) is 7.76. The molecule has 0 bridgehead atoms. The molecule has 0 saturated heterocycles. The van der Waals surface area contributed by atoms with Gasteiger partial charge in [-0.15, -0.1) is 13.2 Å². The van der Waals surface area contributed by atoms with Crippen LogP contribution in [-0.2, 0) is 4.74 Å². The Balaban J connectivity index is 5.61. The van der Waals surface area contributed by atoms with E-state index >= 15 is 0 Å². The highest BCUT2D eigenvalue weighted by molar-refractivity contribution is 5.10. The summed E-state index contributed by atoms with van der Waals surface area (Å²) in [7, 11) is 0. The maximum Gasteiger partial charge on any atom is 0.0758 e. The van der Waals surface area contributed by atoms with Crippen LogP contribution in [0.4, 0.5) is 0 Å². The lowest BCUT2D eigenvalue weighted by molar-refractivity contribution is -0.171. The highest BCUT2D eigenvalue weighted by Gasteiger charge is 2.41. The lowest BCUT2D eigenvalue weighted by atomic mass is 9.78. The van der Waals surface area contributed by atoms with Crippen molar-refractivity contribution in [1.82, 2.24) is 0 Å². The first-order chi connectivity index (χ1) is 9.54. The molecule has 120 valence electrons. The lowest BCUT2D eigenvalue weighted by Gasteiger charge is -2.46. The Morgan fingerprint density at radius 1 is 0.905 bits per heavy atom. The topological polar surface area (TPSA) is 9.23 Å². The Morgan fingerprint density at radius 3 is 1.38 bits per heavy atom. The molecule has 0 aromatic carbocycles. The number of hydrogen-bond donors (Lipinski definition) is 0. The summed E-state index contributed by atoms with van der Waals surface area (Å²) in [6, 6.07) is 0. The number of hydrogen-bond acceptors (Lipinski definition) is 1. The summed E-state index contributed by atoms with van der Waals surface area (Å²) in [4.78, 5) is 0. The quantitative estimate of drug-likeness (QED) is 0.442. The second-order valence-corrected chi connectivity index (χ2v) is 6.85. The van der Waals surface area contributed by atoms with Crippen LogP contribution in [0.25, 0.3) is 0 Å². The van der Waals surface area contributed by atoms with Crippen LogP contribution in [0.5, 0.6) is 0 Å². The van der Waals surface area contributed by atoms with Crippen molar-refractivity contribution in [2.75, 3.05) is 0 Å². The van der Waals surface area contributed by atoms with Gasteiger partial charge >= 0.3 is 0 Å². The normalized spacial score (nSPS) is 19.7. The van der Waals surface area contributed by atoms with Crippen LogP contribution >= 0.6 is 0 Å². The van der Waals surface area contributed by atoms with E-state index < -0.39 is 0 Å². The van der Waals surface area contributed by atoms with Crippen molar-refractivity contribution in [1.29, 1.82) is 0 Å². The van der Waals surface area contributed by atoms with Crippen molar-refractivity contribution < 1.29 is 4.74 Å². The van der Waals surface area contributed by atoms with Gasteiger partial charge in [-0.3, -0.25) is 0 Å². The minimum Gasteiger partial charge on any atom is -0.367 e. The van der Waals surface area contributed by atoms with E-state index in [1.165, 1.54) is 0 Å². The Bertz CT molecular complexity index is 368. The molecule has 0 aromatic heterocycles. The van der Waals surface area contributed by atoms with Gasteiger partial charge in [0.2, 0.25) is 0 Å². The van der Waals surface area contributed by atoms with E-state index in [1.54, 1.807) is 0 Å². The Labute approximate surface area is 132 Å². The van der Waals surface area contributed by atoms with Gasteiger partial charge in [-0.25, -0.2) is 0 Å². The second-order valence-electron chi connectivity index (χ2n) is 6.85. The molecule has 1 nitrogen and oxygen atoms in total. The van der Waals surface area contributed by atoms with E-state index in [4.69, 9.17) is 4.74 Å². The van der Waals surface area contributed by atoms with Crippen LogP contribution in [0.1, 0.15) is 54.4 Å². The van der Waals surface area contributed by atoms with E-state index in [0.717, 1.165) is 24.0 Å². The molecular formula is C20H34O. The fourth-order valence-electron chi connectivity index (χ4n) is 2.76. The fraction of sp³-hybridized carbons (Fsp3) is 0.600. The summed E-state index contributed by atoms with van der Waals surface area (Å²) in [5.41, 5.74) is 1.61. The van der Waals surface area contributed by atoms with Gasteiger partial charge in [0.25, 0.3) is 0 Å². The molecule has 1 heteroatoms. The van der Waals surface area contributed by atoms with Crippen LogP contribution in [0.15, 0.2) is 49.6 Å². The van der Waals surface area contributed by atoms with E-state index in [2.05, 4.69) is 67.9 Å². The first-order valence-electron chi connectivity index (χ1n) is 7.76. The molecule has 0 heterocycles. The van der Waals surface area contributed by atoms with E-state index in [0.29, 0.717) is 0 Å². The molecule has 4 atom stereocenters. The van der Waals surface area contributed by atoms with Gasteiger partial charge in [-0.1, -0.05) is 50.3 Å². The molecule has 0 N–H and O–H groups in total. The third-order valence-electron chi connectivity index (χ3n) is 4.88. The van der Waals surface area contributed by atoms with E-state index in [1.807, 2.05) is 12.2 Å². The van der Waals surface area contributed by atoms with Gasteiger partial charge in [0.1, 0.15) is 0 Å².